The number of unbranched alkanes of at least 4 members (excludes halogenated alkanes) is 2. The molecule has 0 aliphatic heterocycles. The van der Waals surface area contributed by atoms with Crippen molar-refractivity contribution < 1.29 is 13.3 Å². The van der Waals surface area contributed by atoms with Crippen molar-refractivity contribution in [2.75, 3.05) is 26.4 Å². The molecule has 100 valence electrons. The Kier molecular flexibility index (Phi) is 10.5. The van der Waals surface area contributed by atoms with Gasteiger partial charge in [0.25, 0.3) is 0 Å². The van der Waals surface area contributed by atoms with Crippen LogP contribution in [0.1, 0.15) is 40.0 Å². The predicted molar refractivity (Wildman–Crippen MR) is 70.8 cm³/mol. The van der Waals surface area contributed by atoms with E-state index in [0.29, 0.717) is 26.4 Å². The molecule has 0 atom stereocenters. The molecule has 0 saturated heterocycles. The molecule has 17 heavy (non-hydrogen) atoms. The van der Waals surface area contributed by atoms with Crippen molar-refractivity contribution >= 4 is 8.80 Å². The average molecular weight is 259 g/mol. The van der Waals surface area contributed by atoms with Crippen LogP contribution in [0.15, 0.2) is 0 Å². The second-order valence-electron chi connectivity index (χ2n) is 3.67. The largest absolute Gasteiger partial charge is 0.500 e. The van der Waals surface area contributed by atoms with E-state index in [2.05, 4.69) is 4.85 Å². The summed E-state index contributed by atoms with van der Waals surface area (Å²) in [7, 11) is -2.43. The molecule has 0 bridgehead atoms. The number of nitrogens with zero attached hydrogens (tertiary/aromatic N) is 1. The number of hydrogen-bond donors (Lipinski definition) is 0. The highest BCUT2D eigenvalue weighted by molar-refractivity contribution is 6.60. The summed E-state index contributed by atoms with van der Waals surface area (Å²) in [5, 5.41) is 0. The molecule has 0 saturated carbocycles. The van der Waals surface area contributed by atoms with Crippen LogP contribution in [-0.2, 0) is 13.3 Å². The highest BCUT2D eigenvalue weighted by atomic mass is 28.4. The van der Waals surface area contributed by atoms with Crippen LogP contribution in [0.2, 0.25) is 6.04 Å². The van der Waals surface area contributed by atoms with Gasteiger partial charge in [-0.2, -0.15) is 0 Å². The molecule has 0 aliphatic rings. The third-order valence-electron chi connectivity index (χ3n) is 2.35. The summed E-state index contributed by atoms with van der Waals surface area (Å²) in [6.45, 7) is 15.1. The first-order valence-corrected chi connectivity index (χ1v) is 8.42. The molecule has 0 rings (SSSR count). The minimum atomic E-state index is -2.43. The third kappa shape index (κ3) is 7.50. The second-order valence-corrected chi connectivity index (χ2v) is 6.41. The van der Waals surface area contributed by atoms with E-state index >= 15 is 0 Å². The maximum absolute atomic E-state index is 6.72. The molecule has 0 unspecified atom stereocenters. The fourth-order valence-electron chi connectivity index (χ4n) is 1.71. The SMILES string of the molecule is [C-]#[N+]CCCCC[Si](OCC)(OCC)OCC. The van der Waals surface area contributed by atoms with Crippen LogP contribution in [0, 0.1) is 6.57 Å². The van der Waals surface area contributed by atoms with Gasteiger partial charge in [-0.05, 0) is 33.6 Å². The van der Waals surface area contributed by atoms with E-state index in [0.717, 1.165) is 25.3 Å². The summed E-state index contributed by atoms with van der Waals surface area (Å²) in [6, 6.07) is 0.862. The Morgan fingerprint density at radius 1 is 0.882 bits per heavy atom. The van der Waals surface area contributed by atoms with Crippen molar-refractivity contribution in [3.8, 4) is 0 Å². The molecule has 0 aromatic heterocycles. The maximum atomic E-state index is 6.72. The number of hydrogen-bond acceptors (Lipinski definition) is 3. The Balaban J connectivity index is 4.10. The topological polar surface area (TPSA) is 32.0 Å². The Bertz CT molecular complexity index is 201. The molecular formula is C12H25NO3Si. The average Bonchev–Trinajstić information content (AvgIpc) is 2.30. The summed E-state index contributed by atoms with van der Waals surface area (Å²) < 4.78 is 17.3. The van der Waals surface area contributed by atoms with Gasteiger partial charge in [-0.1, -0.05) is 0 Å². The quantitative estimate of drug-likeness (QED) is 0.324. The molecule has 0 fully saturated rings. The van der Waals surface area contributed by atoms with Crippen LogP contribution in [0.25, 0.3) is 4.85 Å². The lowest BCUT2D eigenvalue weighted by Crippen LogP contribution is -2.45. The molecule has 0 aromatic rings. The van der Waals surface area contributed by atoms with Crippen molar-refractivity contribution in [3.05, 3.63) is 11.4 Å². The molecule has 0 aromatic carbocycles. The van der Waals surface area contributed by atoms with E-state index in [-0.39, 0.29) is 0 Å². The van der Waals surface area contributed by atoms with Crippen molar-refractivity contribution in [3.63, 3.8) is 0 Å². The van der Waals surface area contributed by atoms with E-state index in [1.165, 1.54) is 0 Å². The predicted octanol–water partition coefficient (Wildman–Crippen LogP) is 3.12. The summed E-state index contributed by atoms with van der Waals surface area (Å²) in [5.74, 6) is 0. The Hall–Kier alpha value is -0.413. The first-order valence-electron chi connectivity index (χ1n) is 6.49. The molecule has 0 heterocycles. The molecule has 0 spiro atoms. The van der Waals surface area contributed by atoms with Crippen LogP contribution in [0.3, 0.4) is 0 Å². The first kappa shape index (κ1) is 16.6. The van der Waals surface area contributed by atoms with Gasteiger partial charge >= 0.3 is 8.80 Å². The van der Waals surface area contributed by atoms with Gasteiger partial charge in [0.2, 0.25) is 6.54 Å². The van der Waals surface area contributed by atoms with E-state index in [4.69, 9.17) is 19.9 Å². The molecule has 0 radical (unpaired) electrons. The Morgan fingerprint density at radius 2 is 1.41 bits per heavy atom. The van der Waals surface area contributed by atoms with Crippen molar-refractivity contribution in [2.45, 2.75) is 46.1 Å². The van der Waals surface area contributed by atoms with Gasteiger partial charge < -0.3 is 18.1 Å². The summed E-state index contributed by atoms with van der Waals surface area (Å²) in [6.07, 6.45) is 3.02. The van der Waals surface area contributed by atoms with Gasteiger partial charge in [0.15, 0.2) is 0 Å². The van der Waals surface area contributed by atoms with E-state index in [1.54, 1.807) is 0 Å². The van der Waals surface area contributed by atoms with Gasteiger partial charge in [-0.15, -0.1) is 0 Å². The molecular weight excluding hydrogens is 234 g/mol. The van der Waals surface area contributed by atoms with Crippen molar-refractivity contribution in [2.24, 2.45) is 0 Å². The smallest absolute Gasteiger partial charge is 0.374 e. The minimum absolute atomic E-state index is 0.618. The van der Waals surface area contributed by atoms with Crippen molar-refractivity contribution in [1.29, 1.82) is 0 Å². The second kappa shape index (κ2) is 10.7. The minimum Gasteiger partial charge on any atom is -0.374 e. The maximum Gasteiger partial charge on any atom is 0.500 e. The molecule has 0 amide bonds. The summed E-state index contributed by atoms with van der Waals surface area (Å²) >= 11 is 0. The lowest BCUT2D eigenvalue weighted by molar-refractivity contribution is 0.0707. The van der Waals surface area contributed by atoms with Gasteiger partial charge in [0.1, 0.15) is 0 Å². The highest BCUT2D eigenvalue weighted by Crippen LogP contribution is 2.19. The zero-order valence-corrected chi connectivity index (χ0v) is 12.3. The van der Waals surface area contributed by atoms with Crippen LogP contribution in [-0.4, -0.2) is 35.2 Å². The van der Waals surface area contributed by atoms with Crippen LogP contribution in [0.4, 0.5) is 0 Å². The standard InChI is InChI=1S/C12H25NO3Si/c1-5-14-17(15-6-2,16-7-3)12-10-8-9-11-13-4/h5-12H2,1-3H3. The molecule has 5 heteroatoms. The zero-order chi connectivity index (χ0) is 13.0. The normalized spacial score (nSPS) is 11.4. The lowest BCUT2D eigenvalue weighted by atomic mass is 10.2. The Morgan fingerprint density at radius 3 is 1.82 bits per heavy atom. The lowest BCUT2D eigenvalue weighted by Gasteiger charge is -2.28. The first-order chi connectivity index (χ1) is 8.24. The van der Waals surface area contributed by atoms with Crippen LogP contribution in [0.5, 0.6) is 0 Å². The van der Waals surface area contributed by atoms with Crippen LogP contribution < -0.4 is 0 Å². The van der Waals surface area contributed by atoms with E-state index in [1.807, 2.05) is 20.8 Å². The third-order valence-corrected chi connectivity index (χ3v) is 5.50. The van der Waals surface area contributed by atoms with E-state index in [9.17, 15) is 0 Å². The monoisotopic (exact) mass is 259 g/mol. The Labute approximate surface area is 106 Å². The number of rotatable bonds is 11. The summed E-state index contributed by atoms with van der Waals surface area (Å²) in [4.78, 5) is 3.35. The molecule has 4 nitrogen and oxygen atoms in total. The zero-order valence-electron chi connectivity index (χ0n) is 11.3. The highest BCUT2D eigenvalue weighted by Gasteiger charge is 2.39. The summed E-state index contributed by atoms with van der Waals surface area (Å²) in [5.41, 5.74) is 0. The fourth-order valence-corrected chi connectivity index (χ4v) is 4.40. The van der Waals surface area contributed by atoms with E-state index < -0.39 is 8.80 Å². The van der Waals surface area contributed by atoms with Gasteiger partial charge in [-0.25, -0.2) is 6.57 Å². The van der Waals surface area contributed by atoms with Gasteiger partial charge in [0, 0.05) is 32.3 Å². The van der Waals surface area contributed by atoms with Crippen molar-refractivity contribution in [1.82, 2.24) is 0 Å². The van der Waals surface area contributed by atoms with Gasteiger partial charge in [0.05, 0.1) is 0 Å². The molecule has 0 N–H and O–H groups in total. The fraction of sp³-hybridized carbons (Fsp3) is 0.917. The van der Waals surface area contributed by atoms with Crippen LogP contribution >= 0.6 is 0 Å². The molecule has 0 aliphatic carbocycles. The van der Waals surface area contributed by atoms with Gasteiger partial charge in [-0.3, -0.25) is 0 Å².